The molecular weight excluding hydrogens is 547 g/mol. The summed E-state index contributed by atoms with van der Waals surface area (Å²) >= 11 is 0. The van der Waals surface area contributed by atoms with Crippen LogP contribution in [0.3, 0.4) is 0 Å². The van der Waals surface area contributed by atoms with E-state index in [0.717, 1.165) is 0 Å². The Morgan fingerprint density at radius 2 is 1.44 bits per heavy atom. The number of hydrogen-bond acceptors (Lipinski definition) is 4. The third-order valence-corrected chi connectivity index (χ3v) is 5.87. The van der Waals surface area contributed by atoms with Gasteiger partial charge in [-0.1, -0.05) is 18.2 Å². The molecule has 4 N–H and O–H groups in total. The van der Waals surface area contributed by atoms with E-state index < -0.39 is 46.5 Å². The van der Waals surface area contributed by atoms with Gasteiger partial charge in [0.1, 0.15) is 11.3 Å². The Balaban J connectivity index is 0.00000353. The van der Waals surface area contributed by atoms with E-state index in [0.29, 0.717) is 27.8 Å². The number of amides is 1. The number of nitrogens with one attached hydrogen (secondary N) is 1. The third kappa shape index (κ3) is 4.57. The van der Waals surface area contributed by atoms with Gasteiger partial charge in [0.05, 0.1) is 11.6 Å². The van der Waals surface area contributed by atoms with Gasteiger partial charge in [0.25, 0.3) is 0 Å². The summed E-state index contributed by atoms with van der Waals surface area (Å²) in [7, 11) is 0. The fourth-order valence-corrected chi connectivity index (χ4v) is 4.16. The second-order valence-electron chi connectivity index (χ2n) is 8.19. The number of aromatic carboxylic acids is 1. The summed E-state index contributed by atoms with van der Waals surface area (Å²) in [5, 5.41) is 10.2. The zero-order valence-electron chi connectivity index (χ0n) is 19.3. The number of benzene rings is 4. The van der Waals surface area contributed by atoms with Gasteiger partial charge >= 0.3 is 11.9 Å². The van der Waals surface area contributed by atoms with Crippen molar-refractivity contribution in [1.29, 1.82) is 0 Å². The molecule has 1 amide bonds. The van der Waals surface area contributed by atoms with E-state index in [1.54, 1.807) is 30.3 Å². The van der Waals surface area contributed by atoms with Crippen LogP contribution in [0.1, 0.15) is 20.7 Å². The predicted octanol–water partition coefficient (Wildman–Crippen LogP) is 1.01. The first-order valence-electron chi connectivity index (χ1n) is 10.8. The van der Waals surface area contributed by atoms with Crippen molar-refractivity contribution in [3.05, 3.63) is 106 Å². The fourth-order valence-electron chi connectivity index (χ4n) is 4.16. The Hall–Kier alpha value is -4.77. The highest BCUT2D eigenvalue weighted by atomic mass is 35.5. The molecule has 1 heterocycles. The monoisotopic (exact) mass is 560 g/mol. The summed E-state index contributed by atoms with van der Waals surface area (Å²) < 4.78 is 74.6. The average molecular weight is 561 g/mol. The van der Waals surface area contributed by atoms with Crippen molar-refractivity contribution in [2.75, 3.05) is 5.73 Å². The lowest BCUT2D eigenvalue weighted by atomic mass is 9.91. The fraction of sp³-hybridized carbons (Fsp3) is 0. The number of carbonyl (C=O) groups excluding carboxylic acids is 1. The summed E-state index contributed by atoms with van der Waals surface area (Å²) in [6.07, 6.45) is 0. The molecule has 2 aliphatic rings. The van der Waals surface area contributed by atoms with E-state index in [1.165, 1.54) is 30.3 Å². The van der Waals surface area contributed by atoms with E-state index in [1.807, 2.05) is 0 Å². The number of nitrogens with two attached hydrogens (primary N) is 1. The molecule has 0 radical (unpaired) electrons. The Morgan fingerprint density at radius 3 is 2.10 bits per heavy atom. The van der Waals surface area contributed by atoms with Gasteiger partial charge in [-0.25, -0.2) is 31.5 Å². The highest BCUT2D eigenvalue weighted by Gasteiger charge is 2.32. The van der Waals surface area contributed by atoms with E-state index in [4.69, 9.17) is 10.2 Å². The van der Waals surface area contributed by atoms with E-state index in [9.17, 15) is 36.6 Å². The van der Waals surface area contributed by atoms with Crippen molar-refractivity contribution in [1.82, 2.24) is 0 Å². The number of halogens is 6. The lowest BCUT2D eigenvalue weighted by Crippen LogP contribution is -3.00. The van der Waals surface area contributed by atoms with Crippen LogP contribution >= 0.6 is 0 Å². The predicted molar refractivity (Wildman–Crippen MR) is 124 cm³/mol. The van der Waals surface area contributed by atoms with Crippen molar-refractivity contribution in [3.63, 3.8) is 0 Å². The van der Waals surface area contributed by atoms with E-state index in [2.05, 4.69) is 4.99 Å². The summed E-state index contributed by atoms with van der Waals surface area (Å²) in [6.45, 7) is 0. The first kappa shape index (κ1) is 27.3. The summed E-state index contributed by atoms with van der Waals surface area (Å²) in [6, 6.07) is 15.0. The third-order valence-electron chi connectivity index (χ3n) is 5.87. The quantitative estimate of drug-likeness (QED) is 0.100. The molecule has 3 aromatic carbocycles. The smallest absolute Gasteiger partial charge is 0.424 e. The molecule has 0 saturated carbocycles. The molecule has 0 aromatic heterocycles. The van der Waals surface area contributed by atoms with Crippen LogP contribution in [-0.2, 0) is 0 Å². The Kier molecular flexibility index (Phi) is 7.12. The molecule has 0 spiro atoms. The van der Waals surface area contributed by atoms with Gasteiger partial charge in [-0.15, -0.1) is 0 Å². The maximum atomic E-state index is 14.1. The summed E-state index contributed by atoms with van der Waals surface area (Å²) in [4.78, 5) is 26.5. The largest absolute Gasteiger partial charge is 1.00 e. The molecule has 0 saturated heterocycles. The van der Waals surface area contributed by atoms with Crippen LogP contribution in [0, 0.1) is 29.1 Å². The number of hydrogen-bond donors (Lipinski definition) is 3. The molecule has 3 aromatic rings. The maximum absolute atomic E-state index is 14.1. The molecule has 12 heteroatoms. The number of carboxylic acids is 1. The van der Waals surface area contributed by atoms with E-state index >= 15 is 0 Å². The molecule has 0 atom stereocenters. The average Bonchev–Trinajstić information content (AvgIpc) is 2.89. The molecule has 6 nitrogen and oxygen atoms in total. The topological polar surface area (TPSA) is 108 Å². The van der Waals surface area contributed by atoms with Gasteiger partial charge in [0.2, 0.25) is 11.2 Å². The molecule has 1 aliphatic heterocycles. The normalized spacial score (nSPS) is 11.6. The zero-order valence-corrected chi connectivity index (χ0v) is 20.0. The number of rotatable bonds is 3. The highest BCUT2D eigenvalue weighted by Crippen LogP contribution is 2.41. The number of anilines is 1. The second kappa shape index (κ2) is 10.2. The first-order chi connectivity index (χ1) is 18.1. The molecule has 1 aliphatic carbocycles. The van der Waals surface area contributed by atoms with Gasteiger partial charge < -0.3 is 27.7 Å². The van der Waals surface area contributed by atoms with Gasteiger partial charge in [0.15, 0.2) is 28.8 Å². The number of nitrogen functional groups attached to an aromatic ring is 1. The second-order valence-corrected chi connectivity index (χ2v) is 8.19. The summed E-state index contributed by atoms with van der Waals surface area (Å²) in [5.41, 5.74) is 6.07. The number of fused-ring (bicyclic) bond motifs is 2. The van der Waals surface area contributed by atoms with E-state index in [-0.39, 0.29) is 34.7 Å². The van der Waals surface area contributed by atoms with Crippen LogP contribution in [0.4, 0.5) is 27.6 Å². The van der Waals surface area contributed by atoms with Crippen molar-refractivity contribution in [3.8, 4) is 22.5 Å². The van der Waals surface area contributed by atoms with Crippen LogP contribution in [-0.4, -0.2) is 17.0 Å². The van der Waals surface area contributed by atoms with Gasteiger partial charge in [0, 0.05) is 34.3 Å². The Morgan fingerprint density at radius 1 is 0.795 bits per heavy atom. The molecular formula is C27H14ClF5N2O4. The van der Waals surface area contributed by atoms with Crippen LogP contribution in [0.15, 0.2) is 65.1 Å². The Bertz CT molecular complexity index is 1830. The molecule has 0 unspecified atom stereocenters. The molecule has 5 rings (SSSR count). The van der Waals surface area contributed by atoms with Crippen molar-refractivity contribution >= 4 is 28.5 Å². The molecule has 39 heavy (non-hydrogen) atoms. The zero-order chi connectivity index (χ0) is 27.3. The van der Waals surface area contributed by atoms with Crippen LogP contribution < -0.4 is 28.5 Å². The van der Waals surface area contributed by atoms with Crippen molar-refractivity contribution < 1.29 is 58.5 Å². The standard InChI is InChI=1S/C27H13F5N2O4.ClH/c28-21-20(22(29)24(31)25(32)23(21)30)26(35)34-12-6-8-16-18(10-12)38-17-9-11(33)5-7-15(17)19(16)13-3-1-2-4-14(13)27(36)37;/h1-10H,33H2,(H,36,37);1H. The minimum absolute atomic E-state index is 0. The highest BCUT2D eigenvalue weighted by molar-refractivity contribution is 6.07. The first-order valence-corrected chi connectivity index (χ1v) is 10.8. The van der Waals surface area contributed by atoms with Crippen molar-refractivity contribution in [2.24, 2.45) is 0 Å². The van der Waals surface area contributed by atoms with Crippen LogP contribution in [0.2, 0.25) is 0 Å². The minimum atomic E-state index is -2.39. The van der Waals surface area contributed by atoms with Crippen LogP contribution in [0.25, 0.3) is 33.4 Å². The molecule has 0 bridgehead atoms. The van der Waals surface area contributed by atoms with Crippen LogP contribution in [0.5, 0.6) is 0 Å². The van der Waals surface area contributed by atoms with Crippen molar-refractivity contribution in [2.45, 2.75) is 0 Å². The Labute approximate surface area is 221 Å². The lowest BCUT2D eigenvalue weighted by Gasteiger charge is -2.16. The molecule has 0 fully saturated rings. The SMILES string of the molecule is Nc1ccc2c(-c3ccccc3C(=O)O)c3ccc(=[NH+]C(=O)c4c(F)c(F)c(F)c(F)c4F)cc-3oc2c1.[Cl-]. The van der Waals surface area contributed by atoms with Gasteiger partial charge in [-0.2, -0.15) is 4.99 Å². The number of carboxylic acid groups (broad SMARTS) is 1. The van der Waals surface area contributed by atoms with Gasteiger partial charge in [-0.05, 0) is 29.8 Å². The number of carbonyl (C=O) groups is 2. The molecule has 198 valence electrons. The summed E-state index contributed by atoms with van der Waals surface area (Å²) in [5.74, 6) is -14.1. The minimum Gasteiger partial charge on any atom is -1.00 e. The lowest BCUT2D eigenvalue weighted by molar-refractivity contribution is -0.391. The maximum Gasteiger partial charge on any atom is 0.424 e. The van der Waals surface area contributed by atoms with Gasteiger partial charge in [-0.3, -0.25) is 0 Å².